The summed E-state index contributed by atoms with van der Waals surface area (Å²) in [6, 6.07) is 25.6. The van der Waals surface area contributed by atoms with Crippen molar-refractivity contribution in [1.82, 2.24) is 19.9 Å². The van der Waals surface area contributed by atoms with E-state index < -0.39 is 6.04 Å². The van der Waals surface area contributed by atoms with E-state index in [1.165, 1.54) is 4.90 Å². The molecule has 3 aromatic carbocycles. The molecule has 0 bridgehead atoms. The van der Waals surface area contributed by atoms with Crippen LogP contribution in [-0.2, 0) is 17.9 Å². The van der Waals surface area contributed by atoms with Crippen molar-refractivity contribution >= 4 is 11.9 Å². The quantitative estimate of drug-likeness (QED) is 0.406. The fourth-order valence-corrected chi connectivity index (χ4v) is 3.96. The van der Waals surface area contributed by atoms with Gasteiger partial charge in [0.05, 0.1) is 0 Å². The van der Waals surface area contributed by atoms with E-state index in [9.17, 15) is 9.59 Å². The van der Waals surface area contributed by atoms with Crippen LogP contribution in [0.1, 0.15) is 28.6 Å². The van der Waals surface area contributed by atoms with Crippen LogP contribution in [0.5, 0.6) is 0 Å². The highest BCUT2D eigenvalue weighted by Crippen LogP contribution is 2.33. The van der Waals surface area contributed by atoms with Crippen molar-refractivity contribution in [3.63, 3.8) is 0 Å². The third-order valence-corrected chi connectivity index (χ3v) is 5.67. The Kier molecular flexibility index (Phi) is 5.44. The van der Waals surface area contributed by atoms with E-state index in [1.54, 1.807) is 4.90 Å². The maximum absolute atomic E-state index is 13.4. The van der Waals surface area contributed by atoms with Crippen molar-refractivity contribution in [3.8, 4) is 11.4 Å². The van der Waals surface area contributed by atoms with Gasteiger partial charge >= 0.3 is 6.03 Å². The summed E-state index contributed by atoms with van der Waals surface area (Å²) in [6.07, 6.45) is 0. The summed E-state index contributed by atoms with van der Waals surface area (Å²) in [5.41, 5.74) is 3.64. The SMILES string of the molecule is Cc1ccc(-c2noc(CN3C(=O)C(c4ccccc4)N(Cc4ccccc4)C3=O)n2)cc1. The van der Waals surface area contributed by atoms with Gasteiger partial charge in [-0.05, 0) is 18.1 Å². The standard InChI is InChI=1S/C26H22N4O3/c1-18-12-14-21(15-13-18)24-27-22(33-28-24)17-30-25(31)23(20-10-6-3-7-11-20)29(26(30)32)16-19-8-4-2-5-9-19/h2-15,23H,16-17H2,1H3. The van der Waals surface area contributed by atoms with Crippen molar-refractivity contribution in [3.05, 3.63) is 108 Å². The summed E-state index contributed by atoms with van der Waals surface area (Å²) >= 11 is 0. The molecule has 1 aromatic heterocycles. The van der Waals surface area contributed by atoms with Crippen molar-refractivity contribution in [2.45, 2.75) is 26.1 Å². The Hall–Kier alpha value is -4.26. The number of aromatic nitrogens is 2. The lowest BCUT2D eigenvalue weighted by Gasteiger charge is -2.22. The average molecular weight is 438 g/mol. The van der Waals surface area contributed by atoms with E-state index in [-0.39, 0.29) is 24.4 Å². The molecule has 4 aromatic rings. The molecule has 1 unspecified atom stereocenters. The minimum absolute atomic E-state index is 0.0782. The molecule has 164 valence electrons. The van der Waals surface area contributed by atoms with Gasteiger partial charge in [-0.3, -0.25) is 9.69 Å². The van der Waals surface area contributed by atoms with Gasteiger partial charge in [0.2, 0.25) is 11.7 Å². The molecule has 3 amide bonds. The lowest BCUT2D eigenvalue weighted by atomic mass is 10.1. The van der Waals surface area contributed by atoms with Crippen LogP contribution >= 0.6 is 0 Å². The molecule has 0 spiro atoms. The van der Waals surface area contributed by atoms with Crippen LogP contribution in [-0.4, -0.2) is 31.9 Å². The number of benzene rings is 3. The number of nitrogens with zero attached hydrogens (tertiary/aromatic N) is 4. The van der Waals surface area contributed by atoms with E-state index in [1.807, 2.05) is 91.9 Å². The Labute approximate surface area is 191 Å². The Morgan fingerprint density at radius 3 is 2.21 bits per heavy atom. The highest BCUT2D eigenvalue weighted by Gasteiger charge is 2.46. The number of amides is 3. The molecule has 1 fully saturated rings. The molecule has 0 aliphatic carbocycles. The second-order valence-corrected chi connectivity index (χ2v) is 8.01. The molecule has 1 aliphatic rings. The average Bonchev–Trinajstić information content (AvgIpc) is 3.40. The summed E-state index contributed by atoms with van der Waals surface area (Å²) in [4.78, 5) is 34.0. The van der Waals surface area contributed by atoms with Crippen molar-refractivity contribution in [2.24, 2.45) is 0 Å². The number of aryl methyl sites for hydroxylation is 1. The third kappa shape index (κ3) is 4.13. The molecule has 33 heavy (non-hydrogen) atoms. The zero-order chi connectivity index (χ0) is 22.8. The number of carbonyl (C=O) groups is 2. The molecule has 5 rings (SSSR count). The first-order valence-electron chi connectivity index (χ1n) is 10.7. The summed E-state index contributed by atoms with van der Waals surface area (Å²) in [7, 11) is 0. The fourth-order valence-electron chi connectivity index (χ4n) is 3.96. The van der Waals surface area contributed by atoms with E-state index in [0.29, 0.717) is 12.4 Å². The molecule has 1 saturated heterocycles. The second-order valence-electron chi connectivity index (χ2n) is 8.01. The van der Waals surface area contributed by atoms with Gasteiger partial charge in [0.25, 0.3) is 5.91 Å². The first-order valence-corrected chi connectivity index (χ1v) is 10.7. The molecule has 1 aliphatic heterocycles. The van der Waals surface area contributed by atoms with Crippen LogP contribution in [0.15, 0.2) is 89.5 Å². The first-order chi connectivity index (χ1) is 16.1. The van der Waals surface area contributed by atoms with E-state index in [0.717, 1.165) is 22.3 Å². The summed E-state index contributed by atoms with van der Waals surface area (Å²) in [6.45, 7) is 2.24. The summed E-state index contributed by atoms with van der Waals surface area (Å²) in [5, 5.41) is 4.02. The van der Waals surface area contributed by atoms with E-state index in [4.69, 9.17) is 4.52 Å². The molecular weight excluding hydrogens is 416 g/mol. The molecule has 0 saturated carbocycles. The Morgan fingerprint density at radius 2 is 1.52 bits per heavy atom. The van der Waals surface area contributed by atoms with Crippen molar-refractivity contribution < 1.29 is 14.1 Å². The molecular formula is C26H22N4O3. The number of imide groups is 1. The molecule has 2 heterocycles. The third-order valence-electron chi connectivity index (χ3n) is 5.67. The first kappa shape index (κ1) is 20.6. The maximum atomic E-state index is 13.4. The van der Waals surface area contributed by atoms with Gasteiger partial charge in [-0.1, -0.05) is 95.6 Å². The molecule has 7 nitrogen and oxygen atoms in total. The largest absolute Gasteiger partial charge is 0.337 e. The fraction of sp³-hybridized carbons (Fsp3) is 0.154. The summed E-state index contributed by atoms with van der Waals surface area (Å²) in [5.74, 6) is 0.322. The maximum Gasteiger partial charge on any atom is 0.328 e. The van der Waals surface area contributed by atoms with E-state index >= 15 is 0 Å². The second kappa shape index (κ2) is 8.70. The number of rotatable bonds is 6. The van der Waals surface area contributed by atoms with Gasteiger partial charge in [0.15, 0.2) is 0 Å². The van der Waals surface area contributed by atoms with Crippen LogP contribution < -0.4 is 0 Å². The van der Waals surface area contributed by atoms with Gasteiger partial charge in [-0.25, -0.2) is 4.79 Å². The van der Waals surface area contributed by atoms with Crippen molar-refractivity contribution in [2.75, 3.05) is 0 Å². The van der Waals surface area contributed by atoms with Crippen LogP contribution in [0.4, 0.5) is 4.79 Å². The number of hydrogen-bond donors (Lipinski definition) is 0. The zero-order valence-electron chi connectivity index (χ0n) is 18.1. The van der Waals surface area contributed by atoms with Gasteiger partial charge < -0.3 is 9.42 Å². The number of urea groups is 1. The smallest absolute Gasteiger partial charge is 0.328 e. The lowest BCUT2D eigenvalue weighted by Crippen LogP contribution is -2.32. The Balaban J connectivity index is 1.42. The number of carbonyl (C=O) groups excluding carboxylic acids is 2. The summed E-state index contributed by atoms with van der Waals surface area (Å²) < 4.78 is 5.38. The number of hydrogen-bond acceptors (Lipinski definition) is 5. The topological polar surface area (TPSA) is 79.5 Å². The molecule has 0 N–H and O–H groups in total. The highest BCUT2D eigenvalue weighted by atomic mass is 16.5. The molecule has 7 heteroatoms. The Bertz CT molecular complexity index is 1270. The Morgan fingerprint density at radius 1 is 0.848 bits per heavy atom. The van der Waals surface area contributed by atoms with Gasteiger partial charge in [0.1, 0.15) is 12.6 Å². The van der Waals surface area contributed by atoms with Gasteiger partial charge in [-0.2, -0.15) is 4.98 Å². The van der Waals surface area contributed by atoms with Crippen molar-refractivity contribution in [1.29, 1.82) is 0 Å². The van der Waals surface area contributed by atoms with Crippen LogP contribution in [0.25, 0.3) is 11.4 Å². The van der Waals surface area contributed by atoms with Gasteiger partial charge in [-0.15, -0.1) is 0 Å². The van der Waals surface area contributed by atoms with Crippen LogP contribution in [0, 0.1) is 6.92 Å². The molecule has 1 atom stereocenters. The van der Waals surface area contributed by atoms with E-state index in [2.05, 4.69) is 10.1 Å². The lowest BCUT2D eigenvalue weighted by molar-refractivity contribution is -0.129. The predicted octanol–water partition coefficient (Wildman–Crippen LogP) is 4.75. The highest BCUT2D eigenvalue weighted by molar-refractivity contribution is 6.04. The molecule has 0 radical (unpaired) electrons. The van der Waals surface area contributed by atoms with Crippen LogP contribution in [0.2, 0.25) is 0 Å². The minimum atomic E-state index is -0.710. The normalized spacial score (nSPS) is 16.0. The predicted molar refractivity (Wildman–Crippen MR) is 122 cm³/mol. The monoisotopic (exact) mass is 438 g/mol. The minimum Gasteiger partial charge on any atom is -0.337 e. The van der Waals surface area contributed by atoms with Gasteiger partial charge in [0, 0.05) is 12.1 Å². The van der Waals surface area contributed by atoms with Crippen LogP contribution in [0.3, 0.4) is 0 Å². The zero-order valence-corrected chi connectivity index (χ0v) is 18.1.